The highest BCUT2D eigenvalue weighted by Gasteiger charge is 2.33. The molecule has 0 amide bonds. The zero-order chi connectivity index (χ0) is 12.3. The molecule has 0 saturated heterocycles. The Morgan fingerprint density at radius 1 is 1.50 bits per heavy atom. The van der Waals surface area contributed by atoms with E-state index in [1.165, 1.54) is 0 Å². The van der Waals surface area contributed by atoms with Gasteiger partial charge in [0, 0.05) is 10.9 Å². The fraction of sp³-hybridized carbons (Fsp3) is 0.375. The summed E-state index contributed by atoms with van der Waals surface area (Å²) in [6.45, 7) is 0. The van der Waals surface area contributed by atoms with Gasteiger partial charge in [0.1, 0.15) is 0 Å². The van der Waals surface area contributed by atoms with Gasteiger partial charge in [0.25, 0.3) is 5.56 Å². The first-order chi connectivity index (χ1) is 7.37. The van der Waals surface area contributed by atoms with Crippen LogP contribution >= 0.6 is 15.9 Å². The lowest BCUT2D eigenvalue weighted by atomic mass is 10.3. The molecule has 1 heterocycles. The van der Waals surface area contributed by atoms with Crippen LogP contribution in [0.25, 0.3) is 0 Å². The number of alkyl halides is 4. The van der Waals surface area contributed by atoms with Crippen LogP contribution in [0, 0.1) is 0 Å². The predicted molar refractivity (Wildman–Crippen MR) is 52.9 cm³/mol. The molecule has 0 fully saturated rings. The summed E-state index contributed by atoms with van der Waals surface area (Å²) in [6.07, 6.45) is -4.84. The van der Waals surface area contributed by atoms with Crippen LogP contribution in [0.5, 0.6) is 11.6 Å². The maximum atomic E-state index is 12.0. The average molecular weight is 302 g/mol. The van der Waals surface area contributed by atoms with Crippen molar-refractivity contribution in [3.05, 3.63) is 22.0 Å². The molecule has 0 bridgehead atoms. The summed E-state index contributed by atoms with van der Waals surface area (Å²) < 4.78 is 44.3. The topological polar surface area (TPSA) is 51.3 Å². The van der Waals surface area contributed by atoms with Crippen LogP contribution < -0.4 is 15.0 Å². The number of pyridine rings is 1. The van der Waals surface area contributed by atoms with Gasteiger partial charge in [-0.1, -0.05) is 15.9 Å². The normalized spacial score (nSPS) is 11.3. The minimum Gasteiger partial charge on any atom is -0.480 e. The summed E-state index contributed by atoms with van der Waals surface area (Å²) in [5.41, 5.74) is -0.428. The highest BCUT2D eigenvalue weighted by atomic mass is 79.9. The largest absolute Gasteiger partial charge is 0.573 e. The lowest BCUT2D eigenvalue weighted by Crippen LogP contribution is -2.20. The molecule has 0 aliphatic rings. The van der Waals surface area contributed by atoms with Crippen molar-refractivity contribution < 1.29 is 22.6 Å². The third-order valence-electron chi connectivity index (χ3n) is 1.62. The van der Waals surface area contributed by atoms with Crippen LogP contribution in [0.1, 0.15) is 5.56 Å². The van der Waals surface area contributed by atoms with Crippen molar-refractivity contribution in [2.24, 2.45) is 0 Å². The first-order valence-corrected chi connectivity index (χ1v) is 5.11. The van der Waals surface area contributed by atoms with Crippen molar-refractivity contribution in [3.63, 3.8) is 0 Å². The molecule has 1 aromatic heterocycles. The number of rotatable bonds is 3. The van der Waals surface area contributed by atoms with Gasteiger partial charge in [0.15, 0.2) is 5.75 Å². The summed E-state index contributed by atoms with van der Waals surface area (Å²) in [6, 6.07) is 0.972. The molecule has 1 rings (SSSR count). The van der Waals surface area contributed by atoms with Gasteiger partial charge >= 0.3 is 6.36 Å². The number of ether oxygens (including phenoxy) is 2. The molecule has 90 valence electrons. The second-order valence-electron chi connectivity index (χ2n) is 2.70. The number of hydrogen-bond acceptors (Lipinski definition) is 3. The third kappa shape index (κ3) is 3.16. The molecular formula is C8H7BrF3NO3. The van der Waals surface area contributed by atoms with Crippen LogP contribution in [-0.2, 0) is 5.33 Å². The SMILES string of the molecule is COc1[nH]c(=O)c(CBr)cc1OC(F)(F)F. The molecule has 4 nitrogen and oxygen atoms in total. The molecule has 1 N–H and O–H groups in total. The highest BCUT2D eigenvalue weighted by molar-refractivity contribution is 9.08. The van der Waals surface area contributed by atoms with E-state index in [0.717, 1.165) is 13.2 Å². The molecule has 0 aliphatic heterocycles. The fourth-order valence-electron chi connectivity index (χ4n) is 0.986. The maximum Gasteiger partial charge on any atom is 0.573 e. The van der Waals surface area contributed by atoms with E-state index in [-0.39, 0.29) is 16.8 Å². The second-order valence-corrected chi connectivity index (χ2v) is 3.26. The fourth-order valence-corrected chi connectivity index (χ4v) is 1.40. The molecular weight excluding hydrogens is 295 g/mol. The Labute approximate surface area is 96.5 Å². The predicted octanol–water partition coefficient (Wildman–Crippen LogP) is 2.18. The number of halogens is 4. The minimum atomic E-state index is -4.84. The Bertz CT molecular complexity index is 430. The Balaban J connectivity index is 3.20. The first-order valence-electron chi connectivity index (χ1n) is 3.99. The van der Waals surface area contributed by atoms with Gasteiger partial charge in [-0.05, 0) is 6.07 Å². The van der Waals surface area contributed by atoms with E-state index in [1.807, 2.05) is 0 Å². The van der Waals surface area contributed by atoms with E-state index in [1.54, 1.807) is 0 Å². The molecule has 8 heteroatoms. The zero-order valence-corrected chi connectivity index (χ0v) is 9.61. The number of aromatic nitrogens is 1. The molecule has 0 saturated carbocycles. The minimum absolute atomic E-state index is 0.111. The Kier molecular flexibility index (Phi) is 3.84. The quantitative estimate of drug-likeness (QED) is 0.871. The molecule has 1 aromatic rings. The molecule has 0 atom stereocenters. The first kappa shape index (κ1) is 12.9. The van der Waals surface area contributed by atoms with Gasteiger partial charge < -0.3 is 9.47 Å². The molecule has 0 aromatic carbocycles. The lowest BCUT2D eigenvalue weighted by Gasteiger charge is -2.12. The monoisotopic (exact) mass is 301 g/mol. The number of aromatic amines is 1. The van der Waals surface area contributed by atoms with Crippen LogP contribution in [0.2, 0.25) is 0 Å². The summed E-state index contributed by atoms with van der Waals surface area (Å²) in [7, 11) is 1.13. The number of H-pyrrole nitrogens is 1. The van der Waals surface area contributed by atoms with Crippen molar-refractivity contribution in [1.29, 1.82) is 0 Å². The van der Waals surface area contributed by atoms with Crippen molar-refractivity contribution >= 4 is 15.9 Å². The highest BCUT2D eigenvalue weighted by Crippen LogP contribution is 2.30. The number of nitrogens with one attached hydrogen (secondary N) is 1. The smallest absolute Gasteiger partial charge is 0.480 e. The Morgan fingerprint density at radius 2 is 2.12 bits per heavy atom. The van der Waals surface area contributed by atoms with E-state index in [2.05, 4.69) is 30.4 Å². The molecule has 16 heavy (non-hydrogen) atoms. The van der Waals surface area contributed by atoms with Crippen molar-refractivity contribution in [1.82, 2.24) is 4.98 Å². The van der Waals surface area contributed by atoms with Gasteiger partial charge in [0.2, 0.25) is 5.88 Å². The van der Waals surface area contributed by atoms with Crippen LogP contribution in [-0.4, -0.2) is 18.5 Å². The van der Waals surface area contributed by atoms with Crippen LogP contribution in [0.3, 0.4) is 0 Å². The zero-order valence-electron chi connectivity index (χ0n) is 8.02. The van der Waals surface area contributed by atoms with Gasteiger partial charge in [0.05, 0.1) is 7.11 Å². The van der Waals surface area contributed by atoms with Gasteiger partial charge in [-0.25, -0.2) is 0 Å². The Morgan fingerprint density at radius 3 is 2.56 bits per heavy atom. The molecule has 0 unspecified atom stereocenters. The number of methoxy groups -OCH3 is 1. The third-order valence-corrected chi connectivity index (χ3v) is 2.23. The van der Waals surface area contributed by atoms with Gasteiger partial charge in [-0.2, -0.15) is 0 Å². The summed E-state index contributed by atoms with van der Waals surface area (Å²) >= 11 is 2.97. The Hall–Kier alpha value is -1.18. The van der Waals surface area contributed by atoms with Gasteiger partial charge in [-0.15, -0.1) is 13.2 Å². The van der Waals surface area contributed by atoms with Crippen molar-refractivity contribution in [2.45, 2.75) is 11.7 Å². The molecule has 0 spiro atoms. The van der Waals surface area contributed by atoms with E-state index < -0.39 is 17.7 Å². The van der Waals surface area contributed by atoms with E-state index in [9.17, 15) is 18.0 Å². The summed E-state index contributed by atoms with van der Waals surface area (Å²) in [5.74, 6) is -0.948. The van der Waals surface area contributed by atoms with Crippen molar-refractivity contribution in [2.75, 3.05) is 7.11 Å². The van der Waals surface area contributed by atoms with Crippen molar-refractivity contribution in [3.8, 4) is 11.6 Å². The summed E-state index contributed by atoms with van der Waals surface area (Å²) in [4.78, 5) is 13.4. The van der Waals surface area contributed by atoms with Gasteiger partial charge in [-0.3, -0.25) is 9.78 Å². The van der Waals surface area contributed by atoms with E-state index in [4.69, 9.17) is 0 Å². The standard InChI is InChI=1S/C8H7BrF3NO3/c1-15-7-5(16-8(10,11)12)2-4(3-9)6(14)13-7/h2H,3H2,1H3,(H,13,14). The van der Waals surface area contributed by atoms with E-state index >= 15 is 0 Å². The van der Waals surface area contributed by atoms with Crippen LogP contribution in [0.15, 0.2) is 10.9 Å². The maximum absolute atomic E-state index is 12.0. The summed E-state index contributed by atoms with van der Waals surface area (Å²) in [5, 5.41) is 0.112. The second kappa shape index (κ2) is 4.77. The number of hydrogen-bond donors (Lipinski definition) is 1. The lowest BCUT2D eigenvalue weighted by molar-refractivity contribution is -0.275. The average Bonchev–Trinajstić information content (AvgIpc) is 2.18. The molecule has 0 aliphatic carbocycles. The molecule has 0 radical (unpaired) electrons. The van der Waals surface area contributed by atoms with E-state index in [0.29, 0.717) is 0 Å². The van der Waals surface area contributed by atoms with Crippen LogP contribution in [0.4, 0.5) is 13.2 Å².